The van der Waals surface area contributed by atoms with Gasteiger partial charge in [-0.05, 0) is 46.5 Å². The van der Waals surface area contributed by atoms with Crippen LogP contribution in [0.15, 0.2) is 115 Å². The molecule has 0 N–H and O–H groups in total. The van der Waals surface area contributed by atoms with E-state index in [1.54, 1.807) is 14.2 Å². The lowest BCUT2D eigenvalue weighted by molar-refractivity contribution is 0.0976. The van der Waals surface area contributed by atoms with Gasteiger partial charge in [0.1, 0.15) is 11.5 Å². The van der Waals surface area contributed by atoms with Crippen LogP contribution >= 0.6 is 0 Å². The summed E-state index contributed by atoms with van der Waals surface area (Å²) in [6.07, 6.45) is 2.06. The molecule has 3 nitrogen and oxygen atoms in total. The van der Waals surface area contributed by atoms with Crippen molar-refractivity contribution in [3.8, 4) is 11.5 Å². The van der Waals surface area contributed by atoms with Crippen molar-refractivity contribution in [1.82, 2.24) is 0 Å². The molecule has 0 saturated heterocycles. The summed E-state index contributed by atoms with van der Waals surface area (Å²) in [6, 6.07) is 35.2. The smallest absolute Gasteiger partial charge is 0.174 e. The van der Waals surface area contributed by atoms with Gasteiger partial charge < -0.3 is 9.47 Å². The van der Waals surface area contributed by atoms with Crippen molar-refractivity contribution in [3.63, 3.8) is 0 Å². The molecule has 0 fully saturated rings. The first-order valence-electron chi connectivity index (χ1n) is 10.8. The zero-order valence-corrected chi connectivity index (χ0v) is 18.8. The van der Waals surface area contributed by atoms with Crippen LogP contribution < -0.4 is 9.47 Å². The van der Waals surface area contributed by atoms with Crippen LogP contribution in [0.4, 0.5) is 0 Å². The molecule has 0 heterocycles. The third kappa shape index (κ3) is 5.21. The van der Waals surface area contributed by atoms with Gasteiger partial charge in [0.15, 0.2) is 5.78 Å². The van der Waals surface area contributed by atoms with Crippen LogP contribution in [0.25, 0.3) is 5.57 Å². The van der Waals surface area contributed by atoms with Gasteiger partial charge >= 0.3 is 0 Å². The first-order chi connectivity index (χ1) is 16.2. The molecule has 0 unspecified atom stereocenters. The number of benzene rings is 4. The van der Waals surface area contributed by atoms with E-state index in [1.165, 1.54) is 0 Å². The third-order valence-corrected chi connectivity index (χ3v) is 5.63. The molecule has 0 amide bonds. The lowest BCUT2D eigenvalue weighted by Gasteiger charge is -2.17. The zero-order chi connectivity index (χ0) is 23.0. The van der Waals surface area contributed by atoms with Gasteiger partial charge in [0.05, 0.1) is 20.1 Å². The molecule has 4 aromatic rings. The molecule has 4 rings (SSSR count). The molecule has 1 atom stereocenters. The third-order valence-electron chi connectivity index (χ3n) is 5.63. The number of ether oxygens (including phenoxy) is 2. The van der Waals surface area contributed by atoms with E-state index >= 15 is 0 Å². The van der Waals surface area contributed by atoms with Gasteiger partial charge in [-0.1, -0.05) is 91.0 Å². The Hall–Kier alpha value is -4.11. The quantitative estimate of drug-likeness (QED) is 0.286. The van der Waals surface area contributed by atoms with Crippen molar-refractivity contribution in [2.75, 3.05) is 14.2 Å². The van der Waals surface area contributed by atoms with E-state index in [2.05, 4.69) is 6.08 Å². The van der Waals surface area contributed by atoms with Crippen molar-refractivity contribution < 1.29 is 14.3 Å². The van der Waals surface area contributed by atoms with Crippen LogP contribution in [-0.2, 0) is 0 Å². The Bertz CT molecular complexity index is 1160. The van der Waals surface area contributed by atoms with Crippen LogP contribution in [0, 0.1) is 0 Å². The predicted octanol–water partition coefficient (Wildman–Crippen LogP) is 6.80. The summed E-state index contributed by atoms with van der Waals surface area (Å²) >= 11 is 0. The van der Waals surface area contributed by atoms with Crippen molar-refractivity contribution in [1.29, 1.82) is 0 Å². The monoisotopic (exact) mass is 434 g/mol. The predicted molar refractivity (Wildman–Crippen MR) is 133 cm³/mol. The average Bonchev–Trinajstić information content (AvgIpc) is 2.90. The highest BCUT2D eigenvalue weighted by Crippen LogP contribution is 2.32. The molecular weight excluding hydrogens is 408 g/mol. The molecule has 0 bridgehead atoms. The summed E-state index contributed by atoms with van der Waals surface area (Å²) in [5, 5.41) is 0. The highest BCUT2D eigenvalue weighted by Gasteiger charge is 2.21. The summed E-state index contributed by atoms with van der Waals surface area (Å²) < 4.78 is 10.7. The maximum absolute atomic E-state index is 13.7. The number of carbonyl (C=O) groups is 1. The average molecular weight is 435 g/mol. The van der Waals surface area contributed by atoms with Crippen LogP contribution in [-0.4, -0.2) is 20.0 Å². The molecule has 0 aliphatic carbocycles. The van der Waals surface area contributed by atoms with E-state index in [9.17, 15) is 4.79 Å². The normalized spacial score (nSPS) is 11.3. The van der Waals surface area contributed by atoms with Gasteiger partial charge in [-0.2, -0.15) is 0 Å². The molecule has 33 heavy (non-hydrogen) atoms. The molecule has 3 heteroatoms. The fraction of sp³-hybridized carbons (Fsp3) is 0.100. The van der Waals surface area contributed by atoms with Crippen molar-refractivity contribution in [3.05, 3.63) is 138 Å². The number of rotatable bonds is 8. The van der Waals surface area contributed by atoms with Gasteiger partial charge in [-0.3, -0.25) is 4.79 Å². The highest BCUT2D eigenvalue weighted by molar-refractivity contribution is 6.03. The van der Waals surface area contributed by atoms with Crippen molar-refractivity contribution in [2.45, 2.75) is 5.92 Å². The summed E-state index contributed by atoms with van der Waals surface area (Å²) in [7, 11) is 3.30. The largest absolute Gasteiger partial charge is 0.497 e. The Balaban J connectivity index is 1.87. The van der Waals surface area contributed by atoms with Gasteiger partial charge in [0.2, 0.25) is 0 Å². The summed E-state index contributed by atoms with van der Waals surface area (Å²) in [6.45, 7) is 0. The fourth-order valence-corrected chi connectivity index (χ4v) is 3.83. The first-order valence-corrected chi connectivity index (χ1v) is 10.8. The molecular formula is C30H26O3. The standard InChI is InChI=1S/C30H26O3/c1-32-26-17-13-23(14-18-26)28(24-15-19-27(33-2)20-16-24)21-29(22-9-5-3-6-10-22)30(31)25-11-7-4-8-12-25/h3-21,29H,1-2H3/t29-/m0/s1. The van der Waals surface area contributed by atoms with Gasteiger partial charge in [-0.15, -0.1) is 0 Å². The Morgan fingerprint density at radius 1 is 0.606 bits per heavy atom. The number of carbonyl (C=O) groups excluding carboxylic acids is 1. The second-order valence-corrected chi connectivity index (χ2v) is 7.66. The first kappa shape index (κ1) is 22.1. The minimum absolute atomic E-state index is 0.0568. The molecule has 0 aliphatic heterocycles. The molecule has 164 valence electrons. The molecule has 0 radical (unpaired) electrons. The Kier molecular flexibility index (Phi) is 7.01. The van der Waals surface area contributed by atoms with Crippen molar-refractivity contribution in [2.24, 2.45) is 0 Å². The summed E-state index contributed by atoms with van der Waals surface area (Å²) in [5.41, 5.74) is 4.61. The van der Waals surface area contributed by atoms with E-state index in [0.29, 0.717) is 5.56 Å². The Labute approximate surface area is 194 Å². The second-order valence-electron chi connectivity index (χ2n) is 7.66. The number of ketones is 1. The fourth-order valence-electron chi connectivity index (χ4n) is 3.83. The minimum atomic E-state index is -0.437. The lowest BCUT2D eigenvalue weighted by Crippen LogP contribution is -2.12. The molecule has 0 aliphatic rings. The minimum Gasteiger partial charge on any atom is -0.497 e. The lowest BCUT2D eigenvalue weighted by atomic mass is 9.86. The molecule has 0 spiro atoms. The number of methoxy groups -OCH3 is 2. The highest BCUT2D eigenvalue weighted by atomic mass is 16.5. The number of Topliss-reactive ketones (excluding diaryl/α,β-unsaturated/α-hetero) is 1. The van der Waals surface area contributed by atoms with E-state index in [0.717, 1.165) is 33.8 Å². The molecule has 4 aromatic carbocycles. The zero-order valence-electron chi connectivity index (χ0n) is 18.8. The SMILES string of the molecule is COc1ccc(C(=C[C@H](C(=O)c2ccccc2)c2ccccc2)c2ccc(OC)cc2)cc1. The van der Waals surface area contributed by atoms with Gasteiger partial charge in [-0.25, -0.2) is 0 Å². The Morgan fingerprint density at radius 2 is 1.06 bits per heavy atom. The summed E-state index contributed by atoms with van der Waals surface area (Å²) in [5.74, 6) is 1.19. The van der Waals surface area contributed by atoms with Crippen molar-refractivity contribution >= 4 is 11.4 Å². The number of hydrogen-bond donors (Lipinski definition) is 0. The number of hydrogen-bond acceptors (Lipinski definition) is 3. The maximum Gasteiger partial charge on any atom is 0.174 e. The molecule has 0 saturated carbocycles. The van der Waals surface area contributed by atoms with Gasteiger partial charge in [0, 0.05) is 5.56 Å². The maximum atomic E-state index is 13.7. The number of allylic oxidation sites excluding steroid dienone is 1. The van der Waals surface area contributed by atoms with E-state index in [1.807, 2.05) is 109 Å². The second kappa shape index (κ2) is 10.5. The summed E-state index contributed by atoms with van der Waals surface area (Å²) in [4.78, 5) is 13.7. The van der Waals surface area contributed by atoms with Crippen LogP contribution in [0.1, 0.15) is 33.0 Å². The Morgan fingerprint density at radius 3 is 1.52 bits per heavy atom. The van der Waals surface area contributed by atoms with E-state index < -0.39 is 5.92 Å². The molecule has 0 aromatic heterocycles. The van der Waals surface area contributed by atoms with Crippen LogP contribution in [0.3, 0.4) is 0 Å². The van der Waals surface area contributed by atoms with Crippen LogP contribution in [0.2, 0.25) is 0 Å². The van der Waals surface area contributed by atoms with E-state index in [-0.39, 0.29) is 5.78 Å². The van der Waals surface area contributed by atoms with E-state index in [4.69, 9.17) is 9.47 Å². The van der Waals surface area contributed by atoms with Gasteiger partial charge in [0.25, 0.3) is 0 Å². The van der Waals surface area contributed by atoms with Crippen LogP contribution in [0.5, 0.6) is 11.5 Å². The topological polar surface area (TPSA) is 35.5 Å².